The van der Waals surface area contributed by atoms with Crippen LogP contribution in [0.4, 0.5) is 9.18 Å². The highest BCUT2D eigenvalue weighted by Gasteiger charge is 2.33. The SMILES string of the molecule is O=C(NCc1ncc(-c2ccccc2)o1)NCC1(CF)CCOCC1. The number of oxazole rings is 1. The lowest BCUT2D eigenvalue weighted by Gasteiger charge is -2.34. The lowest BCUT2D eigenvalue weighted by molar-refractivity contribution is 0.00363. The van der Waals surface area contributed by atoms with Gasteiger partial charge in [0.2, 0.25) is 5.89 Å². The normalized spacial score (nSPS) is 16.4. The number of nitrogens with one attached hydrogen (secondary N) is 2. The summed E-state index contributed by atoms with van der Waals surface area (Å²) in [5.74, 6) is 1.07. The Morgan fingerprint density at radius 2 is 1.96 bits per heavy atom. The second kappa shape index (κ2) is 8.11. The largest absolute Gasteiger partial charge is 0.439 e. The standard InChI is InChI=1S/C18H22FN3O3/c19-12-18(6-8-24-9-7-18)13-22-17(23)21-11-16-20-10-15(25-16)14-4-2-1-3-5-14/h1-5,10H,6-9,11-13H2,(H2,21,22,23). The summed E-state index contributed by atoms with van der Waals surface area (Å²) in [5.41, 5.74) is 0.411. The molecule has 2 aromatic rings. The van der Waals surface area contributed by atoms with E-state index < -0.39 is 12.1 Å². The number of amides is 2. The van der Waals surface area contributed by atoms with E-state index in [2.05, 4.69) is 15.6 Å². The molecule has 6 nitrogen and oxygen atoms in total. The van der Waals surface area contributed by atoms with Crippen LogP contribution in [0.15, 0.2) is 40.9 Å². The molecule has 134 valence electrons. The minimum atomic E-state index is -0.515. The number of ether oxygens (including phenoxy) is 1. The summed E-state index contributed by atoms with van der Waals surface area (Å²) in [6, 6.07) is 9.25. The van der Waals surface area contributed by atoms with E-state index in [1.807, 2.05) is 30.3 Å². The molecule has 0 unspecified atom stereocenters. The number of rotatable bonds is 6. The van der Waals surface area contributed by atoms with Crippen LogP contribution in [0.1, 0.15) is 18.7 Å². The van der Waals surface area contributed by atoms with Gasteiger partial charge in [-0.05, 0) is 12.8 Å². The maximum atomic E-state index is 13.3. The molecule has 0 radical (unpaired) electrons. The van der Waals surface area contributed by atoms with Gasteiger partial charge in [-0.3, -0.25) is 4.39 Å². The molecule has 0 aliphatic carbocycles. The van der Waals surface area contributed by atoms with E-state index in [9.17, 15) is 9.18 Å². The van der Waals surface area contributed by atoms with Crippen LogP contribution in [0.3, 0.4) is 0 Å². The topological polar surface area (TPSA) is 76.4 Å². The van der Waals surface area contributed by atoms with Crippen LogP contribution in [-0.4, -0.2) is 37.4 Å². The minimum absolute atomic E-state index is 0.171. The fourth-order valence-corrected chi connectivity index (χ4v) is 2.78. The molecule has 1 aliphatic rings. The molecule has 0 saturated carbocycles. The zero-order valence-electron chi connectivity index (χ0n) is 14.0. The van der Waals surface area contributed by atoms with Gasteiger partial charge in [0.05, 0.1) is 19.4 Å². The fraction of sp³-hybridized carbons (Fsp3) is 0.444. The van der Waals surface area contributed by atoms with Crippen molar-refractivity contribution in [1.29, 1.82) is 0 Å². The van der Waals surface area contributed by atoms with Crippen molar-refractivity contribution in [2.45, 2.75) is 19.4 Å². The molecule has 3 rings (SSSR count). The van der Waals surface area contributed by atoms with Gasteiger partial charge in [-0.1, -0.05) is 30.3 Å². The molecule has 1 aromatic heterocycles. The average Bonchev–Trinajstić information content (AvgIpc) is 3.15. The van der Waals surface area contributed by atoms with Gasteiger partial charge >= 0.3 is 6.03 Å². The van der Waals surface area contributed by atoms with Gasteiger partial charge in [0.25, 0.3) is 0 Å². The third kappa shape index (κ3) is 4.57. The summed E-state index contributed by atoms with van der Waals surface area (Å²) in [5, 5.41) is 5.42. The highest BCUT2D eigenvalue weighted by molar-refractivity contribution is 5.73. The van der Waals surface area contributed by atoms with Crippen LogP contribution < -0.4 is 10.6 Å². The second-order valence-corrected chi connectivity index (χ2v) is 6.27. The molecule has 1 saturated heterocycles. The van der Waals surface area contributed by atoms with Crippen molar-refractivity contribution in [1.82, 2.24) is 15.6 Å². The van der Waals surface area contributed by atoms with Crippen LogP contribution in [0.25, 0.3) is 11.3 Å². The second-order valence-electron chi connectivity index (χ2n) is 6.27. The van der Waals surface area contributed by atoms with E-state index in [-0.39, 0.29) is 12.6 Å². The van der Waals surface area contributed by atoms with Gasteiger partial charge in [-0.2, -0.15) is 0 Å². The Hall–Kier alpha value is -2.41. The van der Waals surface area contributed by atoms with Gasteiger partial charge in [0.1, 0.15) is 0 Å². The molecule has 0 atom stereocenters. The minimum Gasteiger partial charge on any atom is -0.439 e. The van der Waals surface area contributed by atoms with Gasteiger partial charge in [-0.15, -0.1) is 0 Å². The lowest BCUT2D eigenvalue weighted by Crippen LogP contribution is -2.45. The van der Waals surface area contributed by atoms with E-state index in [0.717, 1.165) is 5.56 Å². The van der Waals surface area contributed by atoms with E-state index >= 15 is 0 Å². The molecule has 2 amide bonds. The zero-order chi connectivity index (χ0) is 17.5. The predicted octanol–water partition coefficient (Wildman–Crippen LogP) is 2.91. The predicted molar refractivity (Wildman–Crippen MR) is 90.6 cm³/mol. The van der Waals surface area contributed by atoms with Crippen LogP contribution in [0.5, 0.6) is 0 Å². The lowest BCUT2D eigenvalue weighted by atomic mass is 9.81. The van der Waals surface area contributed by atoms with Crippen LogP contribution in [0, 0.1) is 5.41 Å². The molecular weight excluding hydrogens is 325 g/mol. The molecule has 0 bridgehead atoms. The first-order valence-corrected chi connectivity index (χ1v) is 8.36. The first-order chi connectivity index (χ1) is 12.2. The van der Waals surface area contributed by atoms with Crippen LogP contribution in [0.2, 0.25) is 0 Å². The molecule has 7 heteroatoms. The number of halogens is 1. The number of alkyl halides is 1. The maximum Gasteiger partial charge on any atom is 0.315 e. The molecule has 2 heterocycles. The molecular formula is C18H22FN3O3. The average molecular weight is 347 g/mol. The number of aromatic nitrogens is 1. The van der Waals surface area contributed by atoms with Gasteiger partial charge < -0.3 is 19.8 Å². The van der Waals surface area contributed by atoms with Crippen molar-refractivity contribution in [3.8, 4) is 11.3 Å². The highest BCUT2D eigenvalue weighted by Crippen LogP contribution is 2.30. The summed E-state index contributed by atoms with van der Waals surface area (Å²) < 4.78 is 24.2. The Morgan fingerprint density at radius 3 is 2.68 bits per heavy atom. The summed E-state index contributed by atoms with van der Waals surface area (Å²) >= 11 is 0. The van der Waals surface area contributed by atoms with Crippen molar-refractivity contribution in [2.24, 2.45) is 5.41 Å². The zero-order valence-corrected chi connectivity index (χ0v) is 14.0. The fourth-order valence-electron chi connectivity index (χ4n) is 2.78. The summed E-state index contributed by atoms with van der Waals surface area (Å²) in [4.78, 5) is 16.1. The Labute approximate surface area is 145 Å². The third-order valence-electron chi connectivity index (χ3n) is 4.47. The van der Waals surface area contributed by atoms with Gasteiger partial charge in [0, 0.05) is 30.7 Å². The molecule has 0 spiro atoms. The number of benzene rings is 1. The van der Waals surface area contributed by atoms with Crippen LogP contribution >= 0.6 is 0 Å². The Kier molecular flexibility index (Phi) is 5.65. The van der Waals surface area contributed by atoms with E-state index in [0.29, 0.717) is 44.3 Å². The Bertz CT molecular complexity index is 684. The van der Waals surface area contributed by atoms with E-state index in [1.54, 1.807) is 6.20 Å². The maximum absolute atomic E-state index is 13.3. The van der Waals surface area contributed by atoms with Crippen molar-refractivity contribution in [3.05, 3.63) is 42.4 Å². The van der Waals surface area contributed by atoms with Crippen molar-refractivity contribution < 1.29 is 18.3 Å². The number of carbonyl (C=O) groups is 1. The molecule has 1 fully saturated rings. The smallest absolute Gasteiger partial charge is 0.315 e. The Morgan fingerprint density at radius 1 is 1.20 bits per heavy atom. The number of hydrogen-bond donors (Lipinski definition) is 2. The molecule has 1 aliphatic heterocycles. The number of hydrogen-bond acceptors (Lipinski definition) is 4. The van der Waals surface area contributed by atoms with Crippen molar-refractivity contribution in [2.75, 3.05) is 26.4 Å². The van der Waals surface area contributed by atoms with Crippen molar-refractivity contribution in [3.63, 3.8) is 0 Å². The third-order valence-corrected chi connectivity index (χ3v) is 4.47. The summed E-state index contributed by atoms with van der Waals surface area (Å²) in [7, 11) is 0. The molecule has 2 N–H and O–H groups in total. The van der Waals surface area contributed by atoms with Gasteiger partial charge in [0.15, 0.2) is 5.76 Å². The molecule has 25 heavy (non-hydrogen) atoms. The number of carbonyl (C=O) groups excluding carboxylic acids is 1. The van der Waals surface area contributed by atoms with Gasteiger partial charge in [-0.25, -0.2) is 9.78 Å². The van der Waals surface area contributed by atoms with Crippen LogP contribution in [-0.2, 0) is 11.3 Å². The van der Waals surface area contributed by atoms with E-state index in [1.165, 1.54) is 0 Å². The Balaban J connectivity index is 1.47. The van der Waals surface area contributed by atoms with Crippen molar-refractivity contribution >= 4 is 6.03 Å². The van der Waals surface area contributed by atoms with E-state index in [4.69, 9.17) is 9.15 Å². The first kappa shape index (κ1) is 17.4. The summed E-state index contributed by atoms with van der Waals surface area (Å²) in [6.07, 6.45) is 2.86. The molecule has 1 aromatic carbocycles. The highest BCUT2D eigenvalue weighted by atomic mass is 19.1. The first-order valence-electron chi connectivity index (χ1n) is 8.36. The number of urea groups is 1. The summed E-state index contributed by atoms with van der Waals surface area (Å²) in [6.45, 7) is 1.07. The quantitative estimate of drug-likeness (QED) is 0.842. The monoisotopic (exact) mass is 347 g/mol. The number of nitrogens with zero attached hydrogens (tertiary/aromatic N) is 1.